The Balaban J connectivity index is 1.61. The number of hydrogen-bond acceptors (Lipinski definition) is 8. The van der Waals surface area contributed by atoms with Crippen LogP contribution in [-0.2, 0) is 15.1 Å². The van der Waals surface area contributed by atoms with Crippen LogP contribution in [0.1, 0.15) is 30.1 Å². The van der Waals surface area contributed by atoms with Gasteiger partial charge in [-0.1, -0.05) is 12.1 Å². The summed E-state index contributed by atoms with van der Waals surface area (Å²) in [5.41, 5.74) is -0.964. The highest BCUT2D eigenvalue weighted by molar-refractivity contribution is 5.83. The standard InChI is InChI=1S/C22H23F2N7O2/c23-20(24)22(27-14-3-1-2-4-15(14)28-22)18-16-17(13-5-9-32-10-6-13)29-30-19(16)26-21(25-18)31-7-11-33-12-8-31/h1-4,13,20H,5-12H2,(H,25,26,29,30). The quantitative estimate of drug-likeness (QED) is 0.639. The molecular formula is C22H23F2N7O2. The molecule has 3 aliphatic rings. The smallest absolute Gasteiger partial charge is 0.289 e. The van der Waals surface area contributed by atoms with Crippen molar-refractivity contribution in [1.82, 2.24) is 20.2 Å². The minimum absolute atomic E-state index is 0.0823. The van der Waals surface area contributed by atoms with Crippen molar-refractivity contribution in [2.75, 3.05) is 44.4 Å². The summed E-state index contributed by atoms with van der Waals surface area (Å²) in [7, 11) is 0. The molecule has 5 heterocycles. The lowest BCUT2D eigenvalue weighted by Crippen LogP contribution is -2.38. The maximum atomic E-state index is 14.9. The van der Waals surface area contributed by atoms with E-state index in [4.69, 9.17) is 14.5 Å². The predicted molar refractivity (Wildman–Crippen MR) is 114 cm³/mol. The highest BCUT2D eigenvalue weighted by Crippen LogP contribution is 2.41. The van der Waals surface area contributed by atoms with Gasteiger partial charge in [0.05, 0.1) is 35.0 Å². The molecule has 3 aromatic rings. The van der Waals surface area contributed by atoms with Crippen molar-refractivity contribution < 1.29 is 18.3 Å². The molecule has 0 bridgehead atoms. The van der Waals surface area contributed by atoms with Crippen LogP contribution in [0.3, 0.4) is 0 Å². The van der Waals surface area contributed by atoms with Crippen molar-refractivity contribution in [2.24, 2.45) is 9.98 Å². The van der Waals surface area contributed by atoms with Crippen LogP contribution in [0, 0.1) is 0 Å². The summed E-state index contributed by atoms with van der Waals surface area (Å²) in [6, 6.07) is 6.91. The molecule has 0 saturated carbocycles. The lowest BCUT2D eigenvalue weighted by Gasteiger charge is -2.29. The van der Waals surface area contributed by atoms with Gasteiger partial charge in [0.15, 0.2) is 5.65 Å². The van der Waals surface area contributed by atoms with E-state index in [0.29, 0.717) is 67.2 Å². The summed E-state index contributed by atoms with van der Waals surface area (Å²) in [6.45, 7) is 3.38. The third-order valence-corrected chi connectivity index (χ3v) is 6.47. The molecule has 3 aliphatic heterocycles. The zero-order valence-electron chi connectivity index (χ0n) is 17.9. The van der Waals surface area contributed by atoms with Gasteiger partial charge in [0.2, 0.25) is 5.95 Å². The molecule has 2 aromatic heterocycles. The monoisotopic (exact) mass is 455 g/mol. The molecule has 1 aromatic carbocycles. The number of fused-ring (bicyclic) bond motifs is 2. The summed E-state index contributed by atoms with van der Waals surface area (Å²) in [4.78, 5) is 20.2. The average Bonchev–Trinajstić information content (AvgIpc) is 3.47. The van der Waals surface area contributed by atoms with Gasteiger partial charge in [-0.2, -0.15) is 10.1 Å². The van der Waals surface area contributed by atoms with E-state index in [9.17, 15) is 8.78 Å². The summed E-state index contributed by atoms with van der Waals surface area (Å²) in [5, 5.41) is 8.83. The highest BCUT2D eigenvalue weighted by atomic mass is 19.3. The fourth-order valence-electron chi connectivity index (χ4n) is 4.74. The van der Waals surface area contributed by atoms with Crippen molar-refractivity contribution in [3.05, 3.63) is 46.4 Å². The maximum absolute atomic E-state index is 14.9. The molecule has 1 N–H and O–H groups in total. The van der Waals surface area contributed by atoms with Crippen LogP contribution < -0.4 is 15.6 Å². The van der Waals surface area contributed by atoms with Crippen LogP contribution in [0.25, 0.3) is 11.0 Å². The molecule has 33 heavy (non-hydrogen) atoms. The molecular weight excluding hydrogens is 432 g/mol. The highest BCUT2D eigenvalue weighted by Gasteiger charge is 2.48. The van der Waals surface area contributed by atoms with E-state index in [1.807, 2.05) is 4.90 Å². The average molecular weight is 455 g/mol. The molecule has 0 amide bonds. The Morgan fingerprint density at radius 1 is 0.970 bits per heavy atom. The summed E-state index contributed by atoms with van der Waals surface area (Å²) >= 11 is 0. The molecule has 172 valence electrons. The first-order valence-corrected chi connectivity index (χ1v) is 11.2. The number of alkyl halides is 2. The fourth-order valence-corrected chi connectivity index (χ4v) is 4.74. The van der Waals surface area contributed by atoms with Gasteiger partial charge in [-0.3, -0.25) is 5.10 Å². The first kappa shape index (κ1) is 20.5. The second kappa shape index (κ2) is 8.07. The van der Waals surface area contributed by atoms with E-state index in [-0.39, 0.29) is 11.6 Å². The van der Waals surface area contributed by atoms with Crippen molar-refractivity contribution in [3.63, 3.8) is 0 Å². The van der Waals surface area contributed by atoms with Crippen molar-refractivity contribution in [3.8, 4) is 0 Å². The lowest BCUT2D eigenvalue weighted by atomic mass is 9.92. The molecule has 0 atom stereocenters. The number of H-pyrrole nitrogens is 1. The molecule has 2 saturated heterocycles. The van der Waals surface area contributed by atoms with Crippen LogP contribution in [0.4, 0.5) is 14.7 Å². The Morgan fingerprint density at radius 3 is 2.30 bits per heavy atom. The molecule has 11 heteroatoms. The van der Waals surface area contributed by atoms with E-state index in [1.165, 1.54) is 0 Å². The topological polar surface area (TPSA) is 101 Å². The van der Waals surface area contributed by atoms with E-state index in [0.717, 1.165) is 18.5 Å². The van der Waals surface area contributed by atoms with Crippen molar-refractivity contribution in [2.45, 2.75) is 30.8 Å². The summed E-state index contributed by atoms with van der Waals surface area (Å²) in [5.74, 6) is 0.422. The van der Waals surface area contributed by atoms with Crippen molar-refractivity contribution in [1.29, 1.82) is 0 Å². The fraction of sp³-hybridized carbons (Fsp3) is 0.500. The van der Waals surface area contributed by atoms with Gasteiger partial charge >= 0.3 is 0 Å². The first-order valence-electron chi connectivity index (χ1n) is 11.2. The van der Waals surface area contributed by atoms with Crippen LogP contribution in [-0.4, -0.2) is 66.1 Å². The Morgan fingerprint density at radius 2 is 1.64 bits per heavy atom. The molecule has 0 radical (unpaired) electrons. The molecule has 9 nitrogen and oxygen atoms in total. The number of hydrogen-bond donors (Lipinski definition) is 1. The van der Waals surface area contributed by atoms with Gasteiger partial charge in [-0.15, -0.1) is 0 Å². The summed E-state index contributed by atoms with van der Waals surface area (Å²) in [6.07, 6.45) is -1.38. The number of benzene rings is 1. The minimum atomic E-state index is -2.90. The van der Waals surface area contributed by atoms with E-state index in [1.54, 1.807) is 24.3 Å². The molecule has 2 fully saturated rings. The molecule has 6 rings (SSSR count). The van der Waals surface area contributed by atoms with E-state index < -0.39 is 12.1 Å². The Bertz CT molecular complexity index is 1260. The SMILES string of the molecule is FC(F)C1(c2nc(N3CCOCC3)nc3n[nH]c(C4CCOCC4)c23)N=c2ccccc2=N1. The van der Waals surface area contributed by atoms with Gasteiger partial charge in [0.1, 0.15) is 5.69 Å². The third-order valence-electron chi connectivity index (χ3n) is 6.47. The number of rotatable bonds is 4. The van der Waals surface area contributed by atoms with Crippen molar-refractivity contribution >= 4 is 17.0 Å². The number of nitrogens with zero attached hydrogens (tertiary/aromatic N) is 6. The number of para-hydroxylation sites is 2. The van der Waals surface area contributed by atoms with Gasteiger partial charge in [-0.05, 0) is 25.0 Å². The van der Waals surface area contributed by atoms with E-state index >= 15 is 0 Å². The molecule has 0 unspecified atom stereocenters. The number of halogens is 2. The number of morpholine rings is 1. The van der Waals surface area contributed by atoms with Gasteiger partial charge in [0, 0.05) is 32.2 Å². The second-order valence-electron chi connectivity index (χ2n) is 8.43. The van der Waals surface area contributed by atoms with Crippen LogP contribution in [0.2, 0.25) is 0 Å². The van der Waals surface area contributed by atoms with Crippen LogP contribution in [0.15, 0.2) is 34.3 Å². The Kier molecular flexibility index (Phi) is 5.02. The molecule has 0 spiro atoms. The number of aromatic nitrogens is 4. The van der Waals surface area contributed by atoms with Gasteiger partial charge in [-0.25, -0.2) is 23.7 Å². The zero-order chi connectivity index (χ0) is 22.4. The lowest BCUT2D eigenvalue weighted by molar-refractivity contribution is 0.0557. The minimum Gasteiger partial charge on any atom is -0.381 e. The zero-order valence-corrected chi connectivity index (χ0v) is 17.9. The Labute approximate surface area is 187 Å². The second-order valence-corrected chi connectivity index (χ2v) is 8.43. The maximum Gasteiger partial charge on any atom is 0.289 e. The van der Waals surface area contributed by atoms with Gasteiger partial charge < -0.3 is 14.4 Å². The largest absolute Gasteiger partial charge is 0.381 e. The predicted octanol–water partition coefficient (Wildman–Crippen LogP) is 1.45. The van der Waals surface area contributed by atoms with E-state index in [2.05, 4.69) is 25.2 Å². The van der Waals surface area contributed by atoms with Gasteiger partial charge in [0.25, 0.3) is 12.1 Å². The number of aromatic amines is 1. The normalized spacial score (nSPS) is 20.6. The number of anilines is 1. The van der Waals surface area contributed by atoms with Crippen LogP contribution in [0.5, 0.6) is 0 Å². The third kappa shape index (κ3) is 3.37. The number of ether oxygens (including phenoxy) is 2. The first-order chi connectivity index (χ1) is 16.2. The molecule has 0 aliphatic carbocycles. The van der Waals surface area contributed by atoms with Crippen LogP contribution >= 0.6 is 0 Å². The Hall–Kier alpha value is -3.05. The summed E-state index contributed by atoms with van der Waals surface area (Å²) < 4.78 is 40.7. The number of nitrogens with one attached hydrogen (secondary N) is 1.